The largest absolute Gasteiger partial charge is 0.467 e. The van der Waals surface area contributed by atoms with Gasteiger partial charge in [0.25, 0.3) is 17.4 Å². The number of carbonyl (C=O) groups is 3. The molecule has 5 rings (SSSR count). The number of thioether (sulfide) groups is 1. The van der Waals surface area contributed by atoms with Crippen LogP contribution in [-0.2, 0) is 11.3 Å². The summed E-state index contributed by atoms with van der Waals surface area (Å²) < 4.78 is 8.10. The fraction of sp³-hybridized carbons (Fsp3) is 0.308. The second-order valence-corrected chi connectivity index (χ2v) is 10.3. The summed E-state index contributed by atoms with van der Waals surface area (Å²) in [6, 6.07) is 9.84. The topological polar surface area (TPSA) is 172 Å². The van der Waals surface area contributed by atoms with E-state index in [0.29, 0.717) is 59.0 Å². The number of furan rings is 1. The van der Waals surface area contributed by atoms with E-state index in [9.17, 15) is 19.2 Å². The van der Waals surface area contributed by atoms with Gasteiger partial charge in [0.15, 0.2) is 5.16 Å². The minimum atomic E-state index is -0.350. The summed E-state index contributed by atoms with van der Waals surface area (Å²) in [6.45, 7) is 2.68. The molecule has 1 saturated heterocycles. The van der Waals surface area contributed by atoms with Crippen molar-refractivity contribution < 1.29 is 18.8 Å². The number of hydrogen-bond donors (Lipinski definition) is 2. The van der Waals surface area contributed by atoms with Gasteiger partial charge in [-0.15, -0.1) is 5.10 Å². The third kappa shape index (κ3) is 5.43. The van der Waals surface area contributed by atoms with E-state index < -0.39 is 0 Å². The standard InChI is InChI=1S/C26H27N7O5S/c1-15-11-21(27)30-33(15)22(34)14-39-26-29-20-12-17(24(36)31-8-6-16(7-9-31)23(28)35)4-5-19(20)25(37)32(26)13-18-3-2-10-38-18/h2-5,10-12,16H,6-9,13-14H2,1H3,(H2,27,30)(H2,28,35). The molecular formula is C26H27N7O5S. The Morgan fingerprint density at radius 2 is 1.92 bits per heavy atom. The lowest BCUT2D eigenvalue weighted by Gasteiger charge is -2.30. The molecule has 2 amide bonds. The second-order valence-electron chi connectivity index (χ2n) is 9.37. The van der Waals surface area contributed by atoms with Crippen molar-refractivity contribution in [2.24, 2.45) is 11.7 Å². The van der Waals surface area contributed by atoms with E-state index in [1.165, 1.54) is 15.5 Å². The number of aromatic nitrogens is 4. The Balaban J connectivity index is 1.46. The highest BCUT2D eigenvalue weighted by Crippen LogP contribution is 2.23. The highest BCUT2D eigenvalue weighted by atomic mass is 32.2. The smallest absolute Gasteiger partial charge is 0.262 e. The van der Waals surface area contributed by atoms with E-state index >= 15 is 0 Å². The van der Waals surface area contributed by atoms with Crippen LogP contribution in [-0.4, -0.2) is 60.8 Å². The third-order valence-electron chi connectivity index (χ3n) is 6.71. The van der Waals surface area contributed by atoms with Crippen LogP contribution in [0.3, 0.4) is 0 Å². The average Bonchev–Trinajstić information content (AvgIpc) is 3.57. The number of anilines is 1. The molecule has 0 unspecified atom stereocenters. The number of nitrogens with two attached hydrogens (primary N) is 2. The summed E-state index contributed by atoms with van der Waals surface area (Å²) in [6.07, 6.45) is 2.54. The first-order valence-corrected chi connectivity index (χ1v) is 13.3. The maximum atomic E-state index is 13.5. The molecule has 0 atom stereocenters. The first kappa shape index (κ1) is 26.2. The fourth-order valence-electron chi connectivity index (χ4n) is 4.63. The van der Waals surface area contributed by atoms with Crippen LogP contribution in [0.4, 0.5) is 5.82 Å². The lowest BCUT2D eigenvalue weighted by atomic mass is 9.96. The summed E-state index contributed by atoms with van der Waals surface area (Å²) in [5, 5.41) is 4.65. The van der Waals surface area contributed by atoms with Crippen LogP contribution in [0.15, 0.2) is 57.0 Å². The van der Waals surface area contributed by atoms with Crippen LogP contribution in [0.2, 0.25) is 0 Å². The number of carbonyl (C=O) groups excluding carboxylic acids is 3. The van der Waals surface area contributed by atoms with Crippen LogP contribution < -0.4 is 17.0 Å². The zero-order valence-corrected chi connectivity index (χ0v) is 22.0. The van der Waals surface area contributed by atoms with Gasteiger partial charge in [0.1, 0.15) is 11.6 Å². The molecular weight excluding hydrogens is 522 g/mol. The van der Waals surface area contributed by atoms with Crippen LogP contribution in [0, 0.1) is 12.8 Å². The number of aryl methyl sites for hydroxylation is 1. The molecule has 1 aromatic carbocycles. The van der Waals surface area contributed by atoms with E-state index in [-0.39, 0.29) is 47.3 Å². The Morgan fingerprint density at radius 3 is 2.56 bits per heavy atom. The lowest BCUT2D eigenvalue weighted by Crippen LogP contribution is -2.41. The first-order chi connectivity index (χ1) is 18.7. The summed E-state index contributed by atoms with van der Waals surface area (Å²) in [5.74, 6) is -0.379. The van der Waals surface area contributed by atoms with Gasteiger partial charge < -0.3 is 20.8 Å². The van der Waals surface area contributed by atoms with Crippen molar-refractivity contribution in [2.45, 2.75) is 31.5 Å². The van der Waals surface area contributed by atoms with Crippen LogP contribution in [0.1, 0.15) is 39.4 Å². The fourth-order valence-corrected chi connectivity index (χ4v) is 5.47. The van der Waals surface area contributed by atoms with Crippen molar-refractivity contribution in [3.63, 3.8) is 0 Å². The number of likely N-dealkylation sites (tertiary alicyclic amines) is 1. The maximum absolute atomic E-state index is 13.5. The Morgan fingerprint density at radius 1 is 1.15 bits per heavy atom. The Labute approximate surface area is 226 Å². The van der Waals surface area contributed by atoms with E-state index in [4.69, 9.17) is 15.9 Å². The maximum Gasteiger partial charge on any atom is 0.262 e. The molecule has 1 fully saturated rings. The van der Waals surface area contributed by atoms with E-state index in [1.54, 1.807) is 48.2 Å². The number of benzene rings is 1. The molecule has 0 saturated carbocycles. The molecule has 39 heavy (non-hydrogen) atoms. The number of nitrogen functional groups attached to an aromatic ring is 1. The van der Waals surface area contributed by atoms with Crippen LogP contribution in [0.25, 0.3) is 10.9 Å². The zero-order valence-electron chi connectivity index (χ0n) is 21.2. The number of rotatable bonds is 7. The zero-order chi connectivity index (χ0) is 27.7. The molecule has 4 heterocycles. The molecule has 3 aromatic heterocycles. The molecule has 1 aliphatic heterocycles. The quantitative estimate of drug-likeness (QED) is 0.258. The van der Waals surface area contributed by atoms with Crippen molar-refractivity contribution >= 4 is 46.2 Å². The summed E-state index contributed by atoms with van der Waals surface area (Å²) in [7, 11) is 0. The number of primary amides is 1. The predicted octanol–water partition coefficient (Wildman–Crippen LogP) is 1.89. The molecule has 1 aliphatic rings. The minimum Gasteiger partial charge on any atom is -0.467 e. The number of piperidine rings is 1. The number of nitrogens with zero attached hydrogens (tertiary/aromatic N) is 5. The third-order valence-corrected chi connectivity index (χ3v) is 7.67. The first-order valence-electron chi connectivity index (χ1n) is 12.3. The Bertz CT molecular complexity index is 1620. The number of amides is 2. The van der Waals surface area contributed by atoms with Crippen molar-refractivity contribution in [3.8, 4) is 0 Å². The van der Waals surface area contributed by atoms with Crippen molar-refractivity contribution in [1.29, 1.82) is 0 Å². The Kier molecular flexibility index (Phi) is 7.24. The molecule has 0 aliphatic carbocycles. The molecule has 12 nitrogen and oxygen atoms in total. The van der Waals surface area contributed by atoms with Gasteiger partial charge >= 0.3 is 0 Å². The van der Waals surface area contributed by atoms with Gasteiger partial charge in [-0.3, -0.25) is 23.7 Å². The van der Waals surface area contributed by atoms with Gasteiger partial charge in [0.05, 0.1) is 29.5 Å². The van der Waals surface area contributed by atoms with E-state index in [0.717, 1.165) is 11.8 Å². The average molecular weight is 550 g/mol. The van der Waals surface area contributed by atoms with Crippen molar-refractivity contribution in [3.05, 3.63) is 70.0 Å². The molecule has 4 aromatic rings. The predicted molar refractivity (Wildman–Crippen MR) is 144 cm³/mol. The SMILES string of the molecule is Cc1cc(N)nn1C(=O)CSc1nc2cc(C(=O)N3CCC(C(N)=O)CC3)ccc2c(=O)n1Cc1ccco1. The molecule has 0 spiro atoms. The number of fused-ring (bicyclic) bond motifs is 1. The van der Waals surface area contributed by atoms with Crippen LogP contribution >= 0.6 is 11.8 Å². The summed E-state index contributed by atoms with van der Waals surface area (Å²) in [4.78, 5) is 57.4. The van der Waals surface area contributed by atoms with Gasteiger partial charge in [-0.1, -0.05) is 11.8 Å². The van der Waals surface area contributed by atoms with Gasteiger partial charge in [0, 0.05) is 36.3 Å². The monoisotopic (exact) mass is 549 g/mol. The molecule has 0 bridgehead atoms. The molecule has 13 heteroatoms. The van der Waals surface area contributed by atoms with E-state index in [2.05, 4.69) is 10.1 Å². The second kappa shape index (κ2) is 10.8. The number of hydrogen-bond acceptors (Lipinski definition) is 9. The normalized spacial score (nSPS) is 14.1. The van der Waals surface area contributed by atoms with Gasteiger partial charge in [-0.05, 0) is 50.1 Å². The highest BCUT2D eigenvalue weighted by molar-refractivity contribution is 7.99. The molecule has 0 radical (unpaired) electrons. The van der Waals surface area contributed by atoms with Gasteiger partial charge in [-0.25, -0.2) is 9.67 Å². The van der Waals surface area contributed by atoms with Crippen molar-refractivity contribution in [2.75, 3.05) is 24.6 Å². The van der Waals surface area contributed by atoms with Crippen molar-refractivity contribution in [1.82, 2.24) is 24.2 Å². The summed E-state index contributed by atoms with van der Waals surface area (Å²) >= 11 is 1.08. The molecule has 202 valence electrons. The van der Waals surface area contributed by atoms with Gasteiger partial charge in [0.2, 0.25) is 5.91 Å². The lowest BCUT2D eigenvalue weighted by molar-refractivity contribution is -0.123. The Hall–Kier alpha value is -4.39. The van der Waals surface area contributed by atoms with Gasteiger partial charge in [-0.2, -0.15) is 0 Å². The minimum absolute atomic E-state index is 0.0501. The highest BCUT2D eigenvalue weighted by Gasteiger charge is 2.27. The van der Waals surface area contributed by atoms with E-state index in [1.807, 2.05) is 0 Å². The van der Waals surface area contributed by atoms with Crippen LogP contribution in [0.5, 0.6) is 0 Å². The molecule has 4 N–H and O–H groups in total. The summed E-state index contributed by atoms with van der Waals surface area (Å²) in [5.41, 5.74) is 12.1.